The highest BCUT2D eigenvalue weighted by molar-refractivity contribution is 6.03. The highest BCUT2D eigenvalue weighted by atomic mass is 16.7. The van der Waals surface area contributed by atoms with Gasteiger partial charge in [-0.2, -0.15) is 0 Å². The molecule has 4 aromatic carbocycles. The third kappa shape index (κ3) is 14.0. The van der Waals surface area contributed by atoms with Crippen LogP contribution in [-0.2, 0) is 20.9 Å². The van der Waals surface area contributed by atoms with Gasteiger partial charge in [-0.05, 0) is 96.2 Å². The molecule has 1 saturated carbocycles. The van der Waals surface area contributed by atoms with Crippen molar-refractivity contribution in [1.29, 1.82) is 0 Å². The second-order valence-corrected chi connectivity index (χ2v) is 20.1. The topological polar surface area (TPSA) is 167 Å². The first-order chi connectivity index (χ1) is 36.7. The summed E-state index contributed by atoms with van der Waals surface area (Å²) in [7, 11) is 4.60. The number of carbonyl (C=O) groups excluding carboxylic acids is 2. The number of aliphatic hydroxyl groups excluding tert-OH is 2. The van der Waals surface area contributed by atoms with Crippen molar-refractivity contribution in [2.75, 3.05) is 53.1 Å². The minimum absolute atomic E-state index is 0.00127. The molecule has 75 heavy (non-hydrogen) atoms. The Morgan fingerprint density at radius 1 is 0.827 bits per heavy atom. The van der Waals surface area contributed by atoms with Crippen LogP contribution in [0.5, 0.6) is 23.0 Å². The number of rotatable bonds is 30. The van der Waals surface area contributed by atoms with E-state index in [0.29, 0.717) is 41.5 Å². The van der Waals surface area contributed by atoms with E-state index in [-0.39, 0.29) is 62.9 Å². The third-order valence-electron chi connectivity index (χ3n) is 15.3. The van der Waals surface area contributed by atoms with Crippen LogP contribution in [0.4, 0.5) is 15.3 Å². The number of unbranched alkanes of at least 4 members (excludes halogenated alkanes) is 11. The van der Waals surface area contributed by atoms with Gasteiger partial charge in [-0.3, -0.25) is 10.2 Å². The minimum Gasteiger partial charge on any atom is -0.497 e. The summed E-state index contributed by atoms with van der Waals surface area (Å²) < 4.78 is 38.0. The third-order valence-corrected chi connectivity index (χ3v) is 15.3. The highest BCUT2D eigenvalue weighted by Crippen LogP contribution is 2.62. The smallest absolute Gasteiger partial charge is 0.417 e. The van der Waals surface area contributed by atoms with Gasteiger partial charge in [0.25, 0.3) is 0 Å². The Morgan fingerprint density at radius 3 is 2.27 bits per heavy atom. The van der Waals surface area contributed by atoms with Crippen LogP contribution in [0.15, 0.2) is 108 Å². The number of aliphatic hydroxyl groups is 2. The largest absolute Gasteiger partial charge is 0.497 e. The summed E-state index contributed by atoms with van der Waals surface area (Å²) in [5.74, 6) is -0.730. The molecule has 1 fully saturated rings. The molecular weight excluding hydrogens is 951 g/mol. The van der Waals surface area contributed by atoms with Crippen LogP contribution in [0.3, 0.4) is 0 Å². The van der Waals surface area contributed by atoms with Gasteiger partial charge >= 0.3 is 12.2 Å². The number of carbonyl (C=O) groups is 2. The molecule has 0 spiro atoms. The molecule has 2 aliphatic carbocycles. The average molecular weight is 1030 g/mol. The lowest BCUT2D eigenvalue weighted by molar-refractivity contribution is -0.256. The lowest BCUT2D eigenvalue weighted by Gasteiger charge is -2.59. The van der Waals surface area contributed by atoms with E-state index >= 15 is 4.79 Å². The lowest BCUT2D eigenvalue weighted by Crippen LogP contribution is -2.70. The number of benzene rings is 4. The Bertz CT molecular complexity index is 2540. The van der Waals surface area contributed by atoms with E-state index in [2.05, 4.69) is 49.2 Å². The number of ether oxygens (including phenoxy) is 6. The first-order valence-corrected chi connectivity index (χ1v) is 27.5. The Kier molecular flexibility index (Phi) is 21.7. The van der Waals surface area contributed by atoms with Gasteiger partial charge < -0.3 is 43.5 Å². The lowest BCUT2D eigenvalue weighted by atomic mass is 9.55. The Balaban J connectivity index is 1.32. The zero-order chi connectivity index (χ0) is 53.0. The molecule has 7 rings (SSSR count). The summed E-state index contributed by atoms with van der Waals surface area (Å²) in [6, 6.07) is 24.0. The quantitative estimate of drug-likeness (QED) is 0.0258. The SMILES string of the molecule is C=CCOC12Oc3ccc(OC(=O)Nc4ccc(OC)cc4OC)cc3C3C(CCCCO)C(CCCCO)C=C(C(=NOC)CC1N(Cc1cccc4ccccc14)C(=O)OCCCCCCCCCCCC)C32. The second-order valence-electron chi connectivity index (χ2n) is 20.1. The van der Waals surface area contributed by atoms with Crippen LogP contribution in [0.2, 0.25) is 0 Å². The molecule has 0 saturated heterocycles. The van der Waals surface area contributed by atoms with Gasteiger partial charge in [0.1, 0.15) is 36.1 Å². The molecule has 0 aromatic heterocycles. The van der Waals surface area contributed by atoms with E-state index in [9.17, 15) is 15.0 Å². The highest BCUT2D eigenvalue weighted by Gasteiger charge is 2.66. The van der Waals surface area contributed by atoms with Crippen molar-refractivity contribution >= 4 is 34.4 Å². The molecule has 14 heteroatoms. The molecular formula is C61H81N3O11. The first-order valence-electron chi connectivity index (χ1n) is 27.5. The maximum atomic E-state index is 15.3. The van der Waals surface area contributed by atoms with Crippen molar-refractivity contribution in [3.63, 3.8) is 0 Å². The number of nitrogens with one attached hydrogen (secondary N) is 1. The van der Waals surface area contributed by atoms with Gasteiger partial charge in [-0.1, -0.05) is 137 Å². The summed E-state index contributed by atoms with van der Waals surface area (Å²) >= 11 is 0. The normalized spacial score (nSPS) is 21.0. The number of nitrogens with zero attached hydrogens (tertiary/aromatic N) is 2. The van der Waals surface area contributed by atoms with Crippen LogP contribution in [0, 0.1) is 17.8 Å². The summed E-state index contributed by atoms with van der Waals surface area (Å²) in [5, 5.41) is 29.8. The van der Waals surface area contributed by atoms with E-state index in [1.807, 2.05) is 30.3 Å². The van der Waals surface area contributed by atoms with Gasteiger partial charge in [0, 0.05) is 37.2 Å². The van der Waals surface area contributed by atoms with Crippen molar-refractivity contribution in [3.05, 3.63) is 114 Å². The predicted molar refractivity (Wildman–Crippen MR) is 294 cm³/mol. The summed E-state index contributed by atoms with van der Waals surface area (Å²) in [4.78, 5) is 36.5. The van der Waals surface area contributed by atoms with Gasteiger partial charge in [0.05, 0.1) is 51.3 Å². The zero-order valence-electron chi connectivity index (χ0n) is 44.8. The summed E-state index contributed by atoms with van der Waals surface area (Å²) in [6.07, 6.45) is 18.8. The maximum absolute atomic E-state index is 15.3. The van der Waals surface area contributed by atoms with E-state index in [1.165, 1.54) is 59.2 Å². The van der Waals surface area contributed by atoms with Gasteiger partial charge in [-0.15, -0.1) is 6.58 Å². The zero-order valence-corrected chi connectivity index (χ0v) is 44.8. The fourth-order valence-corrected chi connectivity index (χ4v) is 11.7. The van der Waals surface area contributed by atoms with Crippen LogP contribution in [0.1, 0.15) is 133 Å². The van der Waals surface area contributed by atoms with Crippen LogP contribution >= 0.6 is 0 Å². The molecule has 0 bridgehead atoms. The molecule has 0 radical (unpaired) electrons. The number of methoxy groups -OCH3 is 2. The van der Waals surface area contributed by atoms with Gasteiger partial charge in [-0.25, -0.2) is 9.59 Å². The first kappa shape index (κ1) is 56.6. The number of amides is 2. The van der Waals surface area contributed by atoms with Gasteiger partial charge in [0.2, 0.25) is 5.79 Å². The molecule has 3 aliphatic rings. The molecule has 1 aliphatic heterocycles. The monoisotopic (exact) mass is 1030 g/mol. The number of allylic oxidation sites excluding steroid dienone is 1. The van der Waals surface area contributed by atoms with Crippen molar-refractivity contribution in [3.8, 4) is 23.0 Å². The molecule has 1 heterocycles. The summed E-state index contributed by atoms with van der Waals surface area (Å²) in [5.41, 5.74) is 3.69. The molecule has 2 amide bonds. The minimum atomic E-state index is -1.53. The number of anilines is 1. The molecule has 6 atom stereocenters. The molecule has 14 nitrogen and oxygen atoms in total. The number of fused-ring (bicyclic) bond motifs is 3. The van der Waals surface area contributed by atoms with Crippen molar-refractivity contribution in [1.82, 2.24) is 4.90 Å². The van der Waals surface area contributed by atoms with Crippen LogP contribution < -0.4 is 24.3 Å². The number of oxime groups is 1. The average Bonchev–Trinajstić information content (AvgIpc) is 3.43. The Hall–Kier alpha value is -6.09. The van der Waals surface area contributed by atoms with E-state index in [0.717, 1.165) is 72.4 Å². The molecule has 6 unspecified atom stereocenters. The fraction of sp³-hybridized carbons (Fsp3) is 0.525. The van der Waals surface area contributed by atoms with Crippen LogP contribution in [-0.4, -0.2) is 92.6 Å². The van der Waals surface area contributed by atoms with E-state index in [1.54, 1.807) is 42.4 Å². The molecule has 3 N–H and O–H groups in total. The number of hydrogen-bond acceptors (Lipinski definition) is 12. The second kappa shape index (κ2) is 28.7. The Morgan fingerprint density at radius 2 is 1.55 bits per heavy atom. The van der Waals surface area contributed by atoms with Crippen molar-refractivity contribution in [2.24, 2.45) is 22.9 Å². The fourth-order valence-electron chi connectivity index (χ4n) is 11.7. The van der Waals surface area contributed by atoms with Crippen molar-refractivity contribution < 1.29 is 53.1 Å². The van der Waals surface area contributed by atoms with Crippen LogP contribution in [0.25, 0.3) is 10.8 Å². The van der Waals surface area contributed by atoms with Crippen molar-refractivity contribution in [2.45, 2.75) is 140 Å². The van der Waals surface area contributed by atoms with Gasteiger partial charge in [0.15, 0.2) is 0 Å². The van der Waals surface area contributed by atoms with E-state index in [4.69, 9.17) is 38.4 Å². The predicted octanol–water partition coefficient (Wildman–Crippen LogP) is 13.3. The molecule has 4 aromatic rings. The number of hydrogen-bond donors (Lipinski definition) is 3. The maximum Gasteiger partial charge on any atom is 0.417 e. The Labute approximate surface area is 444 Å². The van der Waals surface area contributed by atoms with E-state index < -0.39 is 29.9 Å². The summed E-state index contributed by atoms with van der Waals surface area (Å²) in [6.45, 7) is 6.99. The molecule has 406 valence electrons. The standard InChI is InChI=1S/C61H81N3O11/c1-6-8-9-10-11-12-13-14-15-22-37-72-60(68)64(42-45-27-23-26-43-24-16-17-28-48(43)45)56-41-53(63-71-5)50-38-44(25-18-20-34-65)49(29-19-21-35-66)57-51-39-47(31-33-54(51)75-61(56,58(50)57)73-36-7-2)74-59(67)62-52-32-30-46(69-3)40-55(52)70-4/h7,16-17,23-24,26-28,30-33,38-40,44,49,56-58,65-66H,2,6,8-15,18-22,25,29,34-37,41-42H2,1,3-5H3,(H,62,67).